The predicted molar refractivity (Wildman–Crippen MR) is 203 cm³/mol. The first kappa shape index (κ1) is 48.2. The molecule has 0 unspecified atom stereocenters. The van der Waals surface area contributed by atoms with Gasteiger partial charge >= 0.3 is 6.18 Å². The van der Waals surface area contributed by atoms with Crippen LogP contribution in [0.5, 0.6) is 5.75 Å². The second kappa shape index (κ2) is 31.8. The van der Waals surface area contributed by atoms with Crippen LogP contribution in [0.15, 0.2) is 46.9 Å². The molecule has 0 radical (unpaired) electrons. The number of nitrogens with zero attached hydrogens (tertiary/aromatic N) is 1. The second-order valence-corrected chi connectivity index (χ2v) is 12.1. The number of hydrogen-bond acceptors (Lipinski definition) is 15. The number of anilines is 1. The summed E-state index contributed by atoms with van der Waals surface area (Å²) in [6, 6.07) is 13.4. The van der Waals surface area contributed by atoms with Gasteiger partial charge in [0.2, 0.25) is 0 Å². The lowest BCUT2D eigenvalue weighted by atomic mass is 10.1. The summed E-state index contributed by atoms with van der Waals surface area (Å²) in [4.78, 5) is 4.57. The van der Waals surface area contributed by atoms with Gasteiger partial charge in [-0.1, -0.05) is 12.1 Å². The fourth-order valence-electron chi connectivity index (χ4n) is 4.69. The zero-order chi connectivity index (χ0) is 40.5. The Morgan fingerprint density at radius 3 is 1.26 bits per heavy atom. The number of nitrogen functional groups attached to an aromatic ring is 1. The molecule has 0 spiro atoms. The third kappa shape index (κ3) is 26.5. The molecule has 15 nitrogen and oxygen atoms in total. The number of nitrogens with two attached hydrogens (primary N) is 1. The highest BCUT2D eigenvalue weighted by atomic mass is 19.4. The summed E-state index contributed by atoms with van der Waals surface area (Å²) in [6.07, 6.45) is -2.80. The van der Waals surface area contributed by atoms with E-state index in [1.807, 2.05) is 42.5 Å². The molecule has 2 N–H and O–H groups in total. The van der Waals surface area contributed by atoms with E-state index >= 15 is 0 Å². The number of aromatic nitrogens is 1. The van der Waals surface area contributed by atoms with Crippen molar-refractivity contribution < 1.29 is 74.4 Å². The van der Waals surface area contributed by atoms with Gasteiger partial charge in [-0.25, -0.2) is 4.98 Å². The number of rotatable bonds is 38. The number of fused-ring (bicyclic) bond motifs is 1. The van der Waals surface area contributed by atoms with Gasteiger partial charge in [0.05, 0.1) is 139 Å². The maximum atomic E-state index is 11.9. The molecule has 0 bridgehead atoms. The standard InChI is InChI=1S/C39H59F3N2O13/c40-39(41,42)32-55-28-27-53-24-23-51-20-19-49-16-15-47-12-11-45-9-10-46-13-14-48-17-18-50-21-22-52-25-26-54-29-30-56-35-6-7-36-37(31-35)57-38(44-36)8-3-33-1-4-34(43)5-2-33/h1-2,4-7,31H,3,8-30,32,43H2. The summed E-state index contributed by atoms with van der Waals surface area (Å²) in [5, 5.41) is 0. The molecule has 324 valence electrons. The Kier molecular flexibility index (Phi) is 26.9. The van der Waals surface area contributed by atoms with E-state index in [1.54, 1.807) is 0 Å². The van der Waals surface area contributed by atoms with Crippen LogP contribution in [0.2, 0.25) is 0 Å². The molecule has 0 aliphatic heterocycles. The molecular weight excluding hydrogens is 761 g/mol. The average molecular weight is 821 g/mol. The number of oxazole rings is 1. The first-order valence-electron chi connectivity index (χ1n) is 19.2. The van der Waals surface area contributed by atoms with Crippen molar-refractivity contribution in [2.45, 2.75) is 19.0 Å². The monoisotopic (exact) mass is 820 g/mol. The van der Waals surface area contributed by atoms with Crippen LogP contribution in [0.25, 0.3) is 11.1 Å². The molecule has 3 rings (SSSR count). The molecule has 0 saturated carbocycles. The molecule has 18 heteroatoms. The van der Waals surface area contributed by atoms with Gasteiger partial charge in [0.1, 0.15) is 24.5 Å². The van der Waals surface area contributed by atoms with Gasteiger partial charge in [0.25, 0.3) is 0 Å². The van der Waals surface area contributed by atoms with Crippen LogP contribution in [0.3, 0.4) is 0 Å². The predicted octanol–water partition coefficient (Wildman–Crippen LogP) is 4.32. The molecule has 0 saturated heterocycles. The van der Waals surface area contributed by atoms with Crippen molar-refractivity contribution in [1.29, 1.82) is 0 Å². The number of hydrogen-bond donors (Lipinski definition) is 1. The topological polar surface area (TPSA) is 163 Å². The van der Waals surface area contributed by atoms with Crippen LogP contribution >= 0.6 is 0 Å². The maximum Gasteiger partial charge on any atom is 0.411 e. The fourth-order valence-corrected chi connectivity index (χ4v) is 4.69. The van der Waals surface area contributed by atoms with Crippen LogP contribution in [-0.4, -0.2) is 163 Å². The number of ether oxygens (including phenoxy) is 12. The van der Waals surface area contributed by atoms with Gasteiger partial charge in [-0.2, -0.15) is 13.2 Å². The Morgan fingerprint density at radius 2 is 0.860 bits per heavy atom. The van der Waals surface area contributed by atoms with Crippen LogP contribution in [0.4, 0.5) is 18.9 Å². The van der Waals surface area contributed by atoms with Crippen LogP contribution in [-0.2, 0) is 64.9 Å². The summed E-state index contributed by atoms with van der Waals surface area (Å²) in [7, 11) is 0. The quantitative estimate of drug-likeness (QED) is 0.0642. The van der Waals surface area contributed by atoms with Gasteiger partial charge in [-0.3, -0.25) is 0 Å². The minimum absolute atomic E-state index is 0.0780. The highest BCUT2D eigenvalue weighted by molar-refractivity contribution is 5.74. The number of aryl methyl sites for hydroxylation is 2. The summed E-state index contributed by atoms with van der Waals surface area (Å²) in [6.45, 7) is 7.29. The van der Waals surface area contributed by atoms with Crippen molar-refractivity contribution >= 4 is 16.8 Å². The first-order valence-corrected chi connectivity index (χ1v) is 19.2. The zero-order valence-corrected chi connectivity index (χ0v) is 32.7. The minimum atomic E-state index is -4.32. The molecule has 57 heavy (non-hydrogen) atoms. The van der Waals surface area contributed by atoms with Crippen molar-refractivity contribution in [2.24, 2.45) is 0 Å². The zero-order valence-electron chi connectivity index (χ0n) is 32.7. The van der Waals surface area contributed by atoms with E-state index in [9.17, 15) is 13.2 Å². The van der Waals surface area contributed by atoms with Crippen LogP contribution in [0.1, 0.15) is 11.5 Å². The number of alkyl halides is 3. The maximum absolute atomic E-state index is 11.9. The molecule has 3 aromatic rings. The van der Waals surface area contributed by atoms with E-state index in [2.05, 4.69) is 9.72 Å². The van der Waals surface area contributed by atoms with E-state index in [1.165, 1.54) is 5.56 Å². The molecule has 1 heterocycles. The molecule has 0 fully saturated rings. The molecular formula is C39H59F3N2O13. The van der Waals surface area contributed by atoms with E-state index in [0.29, 0.717) is 149 Å². The Morgan fingerprint density at radius 1 is 0.474 bits per heavy atom. The van der Waals surface area contributed by atoms with Crippen molar-refractivity contribution in [3.05, 3.63) is 53.9 Å². The van der Waals surface area contributed by atoms with E-state index in [-0.39, 0.29) is 19.8 Å². The molecule has 1 aromatic heterocycles. The third-order valence-corrected chi connectivity index (χ3v) is 7.49. The SMILES string of the molecule is Nc1ccc(CCc2nc3ccc(OCCOCCOCCOCCOCCOCCOCCOCCOCCOCCOCCOCC(F)(F)F)cc3o2)cc1. The van der Waals surface area contributed by atoms with E-state index in [4.69, 9.17) is 62.3 Å². The average Bonchev–Trinajstić information content (AvgIpc) is 3.61. The van der Waals surface area contributed by atoms with Crippen molar-refractivity contribution in [3.63, 3.8) is 0 Å². The molecule has 2 aromatic carbocycles. The molecule has 0 aliphatic carbocycles. The summed E-state index contributed by atoms with van der Waals surface area (Å²) in [5.74, 6) is 1.39. The van der Waals surface area contributed by atoms with Gasteiger partial charge in [-0.05, 0) is 36.2 Å². The van der Waals surface area contributed by atoms with Crippen molar-refractivity contribution in [2.75, 3.05) is 158 Å². The minimum Gasteiger partial charge on any atom is -0.491 e. The first-order chi connectivity index (χ1) is 27.9. The Labute approximate surface area is 332 Å². The van der Waals surface area contributed by atoms with Crippen LogP contribution in [0, 0.1) is 0 Å². The van der Waals surface area contributed by atoms with Gasteiger partial charge < -0.3 is 67.0 Å². The Hall–Kier alpha value is -3.14. The fraction of sp³-hybridized carbons (Fsp3) is 0.667. The van der Waals surface area contributed by atoms with E-state index < -0.39 is 12.8 Å². The molecule has 0 atom stereocenters. The summed E-state index contributed by atoms with van der Waals surface area (Å²) < 4.78 is 106. The van der Waals surface area contributed by atoms with Crippen molar-refractivity contribution in [3.8, 4) is 5.75 Å². The molecule has 0 aliphatic rings. The van der Waals surface area contributed by atoms with E-state index in [0.717, 1.165) is 17.6 Å². The van der Waals surface area contributed by atoms with Crippen LogP contribution < -0.4 is 10.5 Å². The van der Waals surface area contributed by atoms with Crippen molar-refractivity contribution in [1.82, 2.24) is 4.98 Å². The Bertz CT molecular complexity index is 1390. The second-order valence-electron chi connectivity index (χ2n) is 12.1. The van der Waals surface area contributed by atoms with Gasteiger partial charge in [0.15, 0.2) is 11.5 Å². The lowest BCUT2D eigenvalue weighted by Crippen LogP contribution is -2.19. The third-order valence-electron chi connectivity index (χ3n) is 7.49. The number of halogens is 3. The normalized spacial score (nSPS) is 11.9. The highest BCUT2D eigenvalue weighted by Crippen LogP contribution is 2.22. The smallest absolute Gasteiger partial charge is 0.411 e. The molecule has 0 amide bonds. The highest BCUT2D eigenvalue weighted by Gasteiger charge is 2.27. The van der Waals surface area contributed by atoms with Gasteiger partial charge in [-0.15, -0.1) is 0 Å². The Balaban J connectivity index is 0.957. The number of benzene rings is 2. The lowest BCUT2D eigenvalue weighted by Gasteiger charge is -2.09. The summed E-state index contributed by atoms with van der Waals surface area (Å²) in [5.41, 5.74) is 9.18. The largest absolute Gasteiger partial charge is 0.491 e. The van der Waals surface area contributed by atoms with Gasteiger partial charge in [0, 0.05) is 18.2 Å². The lowest BCUT2D eigenvalue weighted by molar-refractivity contribution is -0.176. The summed E-state index contributed by atoms with van der Waals surface area (Å²) >= 11 is 0.